The molecule has 0 aromatic heterocycles. The first-order chi connectivity index (χ1) is 10.1. The summed E-state index contributed by atoms with van der Waals surface area (Å²) in [5.41, 5.74) is 0. The van der Waals surface area contributed by atoms with E-state index in [1.54, 1.807) is 0 Å². The Morgan fingerprint density at radius 1 is 0.696 bits per heavy atom. The van der Waals surface area contributed by atoms with Crippen LogP contribution >= 0.6 is 0 Å². The van der Waals surface area contributed by atoms with Gasteiger partial charge in [0.2, 0.25) is 0 Å². The van der Waals surface area contributed by atoms with E-state index in [0.29, 0.717) is 6.61 Å². The van der Waals surface area contributed by atoms with Gasteiger partial charge in [-0.15, -0.1) is 0 Å². The van der Waals surface area contributed by atoms with Gasteiger partial charge in [-0.25, -0.2) is 0 Å². The lowest BCUT2D eigenvalue weighted by Crippen LogP contribution is -2.63. The van der Waals surface area contributed by atoms with Gasteiger partial charge in [0, 0.05) is 6.61 Å². The average molecular weight is 399 g/mol. The Morgan fingerprint density at radius 3 is 1.30 bits per heavy atom. The van der Waals surface area contributed by atoms with Gasteiger partial charge in [-0.2, -0.15) is 0 Å². The van der Waals surface area contributed by atoms with Gasteiger partial charge in [-0.3, -0.25) is 0 Å². The van der Waals surface area contributed by atoms with Crippen molar-refractivity contribution in [2.24, 2.45) is 0 Å². The summed E-state index contributed by atoms with van der Waals surface area (Å²) in [6.07, 6.45) is 0.548. The van der Waals surface area contributed by atoms with Gasteiger partial charge in [0.15, 0.2) is 31.2 Å². The van der Waals surface area contributed by atoms with Crippen LogP contribution in [0.2, 0.25) is 58.9 Å². The summed E-state index contributed by atoms with van der Waals surface area (Å²) in [4.78, 5) is 0. The molecule has 0 fully saturated rings. The quantitative estimate of drug-likeness (QED) is 0.371. The van der Waals surface area contributed by atoms with E-state index in [2.05, 4.69) is 65.8 Å². The van der Waals surface area contributed by atoms with Crippen LogP contribution in [0.3, 0.4) is 0 Å². The Bertz CT molecular complexity index is 306. The zero-order chi connectivity index (χ0) is 18.5. The molecule has 1 atom stereocenters. The predicted octanol–water partition coefficient (Wildman–Crippen LogP) is 4.77. The Labute approximate surface area is 147 Å². The maximum Gasteiger partial charge on any atom is 0.649 e. The lowest BCUT2D eigenvalue weighted by atomic mass is 10.5. The lowest BCUT2D eigenvalue weighted by Gasteiger charge is -2.41. The van der Waals surface area contributed by atoms with Crippen LogP contribution in [0.1, 0.15) is 20.3 Å². The molecule has 0 rings (SSSR count). The zero-order valence-electron chi connectivity index (χ0n) is 17.0. The molecule has 0 N–H and O–H groups in total. The molecule has 5 nitrogen and oxygen atoms in total. The van der Waals surface area contributed by atoms with E-state index in [0.717, 1.165) is 6.42 Å². The third-order valence-electron chi connectivity index (χ3n) is 2.16. The van der Waals surface area contributed by atoms with Crippen molar-refractivity contribution in [2.75, 3.05) is 6.61 Å². The number of ether oxygens (including phenoxy) is 1. The molecule has 0 aromatic rings. The maximum atomic E-state index is 6.43. The van der Waals surface area contributed by atoms with E-state index in [1.165, 1.54) is 0 Å². The molecule has 0 spiro atoms. The largest absolute Gasteiger partial charge is 0.649 e. The molecule has 0 radical (unpaired) electrons. The molecule has 0 bridgehead atoms. The van der Waals surface area contributed by atoms with Gasteiger partial charge < -0.3 is 21.5 Å². The van der Waals surface area contributed by atoms with Crippen molar-refractivity contribution in [3.8, 4) is 0 Å². The fourth-order valence-electron chi connectivity index (χ4n) is 1.78. The van der Waals surface area contributed by atoms with Crippen LogP contribution in [0.4, 0.5) is 0 Å². The van der Waals surface area contributed by atoms with Crippen LogP contribution in [0.5, 0.6) is 0 Å². The SMILES string of the molecule is CCCOC(C)O[Si](O[Si](C)(C)C)(O[Si](C)(C)C)O[Si](C)(C)C. The van der Waals surface area contributed by atoms with Gasteiger partial charge in [-0.1, -0.05) is 6.92 Å². The predicted molar refractivity (Wildman–Crippen MR) is 106 cm³/mol. The third-order valence-corrected chi connectivity index (χ3v) is 13.1. The fraction of sp³-hybridized carbons (Fsp3) is 1.00. The summed E-state index contributed by atoms with van der Waals surface area (Å²) >= 11 is 0. The minimum absolute atomic E-state index is 0.398. The highest BCUT2D eigenvalue weighted by molar-refractivity contribution is 6.87. The normalized spacial score (nSPS) is 15.8. The van der Waals surface area contributed by atoms with Crippen molar-refractivity contribution in [3.63, 3.8) is 0 Å². The summed E-state index contributed by atoms with van der Waals surface area (Å²) in [7, 11) is -9.00. The molecular formula is C14H38O5Si4. The highest BCUT2D eigenvalue weighted by Gasteiger charge is 2.54. The molecule has 0 aliphatic rings. The minimum Gasteiger partial charge on any atom is -0.395 e. The molecule has 0 saturated carbocycles. The van der Waals surface area contributed by atoms with Gasteiger partial charge in [0.25, 0.3) is 0 Å². The molecule has 0 aliphatic heterocycles. The van der Waals surface area contributed by atoms with Crippen LogP contribution in [0.25, 0.3) is 0 Å². The number of rotatable bonds is 11. The number of hydrogen-bond donors (Lipinski definition) is 0. The summed E-state index contributed by atoms with van der Waals surface area (Å²) in [6, 6.07) is 0. The second-order valence-corrected chi connectivity index (χ2v) is 25.1. The molecule has 0 aliphatic carbocycles. The second kappa shape index (κ2) is 8.85. The van der Waals surface area contributed by atoms with E-state index in [9.17, 15) is 0 Å². The summed E-state index contributed by atoms with van der Waals surface area (Å²) in [5.74, 6) is 0. The monoisotopic (exact) mass is 398 g/mol. The molecule has 0 saturated heterocycles. The van der Waals surface area contributed by atoms with Gasteiger partial charge in [-0.05, 0) is 72.3 Å². The first-order valence-corrected chi connectivity index (χ1v) is 20.3. The Hall–Kier alpha value is 0.668. The molecule has 23 heavy (non-hydrogen) atoms. The van der Waals surface area contributed by atoms with E-state index in [-0.39, 0.29) is 0 Å². The van der Waals surface area contributed by atoms with Crippen molar-refractivity contribution in [3.05, 3.63) is 0 Å². The molecule has 9 heteroatoms. The van der Waals surface area contributed by atoms with Crippen molar-refractivity contribution in [1.29, 1.82) is 0 Å². The first kappa shape index (κ1) is 23.7. The highest BCUT2D eigenvalue weighted by Crippen LogP contribution is 2.27. The van der Waals surface area contributed by atoms with Crippen molar-refractivity contribution < 1.29 is 21.5 Å². The molecular weight excluding hydrogens is 360 g/mol. The standard InChI is InChI=1S/C14H38O5Si4/c1-12-13-15-14(2)16-23(17-20(3,4)5,18-21(6,7)8)19-22(9,10)11/h14H,12-13H2,1-11H3. The molecule has 1 unspecified atom stereocenters. The first-order valence-electron chi connectivity index (χ1n) is 8.47. The van der Waals surface area contributed by atoms with Gasteiger partial charge in [0.05, 0.1) is 0 Å². The second-order valence-electron chi connectivity index (χ2n) is 8.70. The van der Waals surface area contributed by atoms with E-state index >= 15 is 0 Å². The van der Waals surface area contributed by atoms with E-state index in [1.807, 2.05) is 6.92 Å². The molecule has 0 aromatic carbocycles. The van der Waals surface area contributed by atoms with Crippen LogP contribution in [-0.4, -0.2) is 46.9 Å². The molecule has 140 valence electrons. The van der Waals surface area contributed by atoms with Crippen LogP contribution in [-0.2, 0) is 21.5 Å². The maximum absolute atomic E-state index is 6.43. The molecule has 0 heterocycles. The average Bonchev–Trinajstić information content (AvgIpc) is 2.17. The summed E-state index contributed by atoms with van der Waals surface area (Å²) in [5, 5.41) is 0. The van der Waals surface area contributed by atoms with Gasteiger partial charge >= 0.3 is 9.05 Å². The van der Waals surface area contributed by atoms with Crippen molar-refractivity contribution in [2.45, 2.75) is 85.5 Å². The Kier molecular flexibility index (Phi) is 9.11. The molecule has 0 amide bonds. The summed E-state index contributed by atoms with van der Waals surface area (Å²) < 4.78 is 31.2. The lowest BCUT2D eigenvalue weighted by molar-refractivity contribution is -0.110. The fourth-order valence-corrected chi connectivity index (χ4v) is 13.5. The van der Waals surface area contributed by atoms with Crippen LogP contribution < -0.4 is 0 Å². The van der Waals surface area contributed by atoms with Crippen LogP contribution in [0, 0.1) is 0 Å². The zero-order valence-corrected chi connectivity index (χ0v) is 21.0. The number of hydrogen-bond acceptors (Lipinski definition) is 5. The van der Waals surface area contributed by atoms with Crippen molar-refractivity contribution in [1.82, 2.24) is 0 Å². The summed E-state index contributed by atoms with van der Waals surface area (Å²) in [6.45, 7) is 23.8. The van der Waals surface area contributed by atoms with Gasteiger partial charge in [0.1, 0.15) is 0 Å². The smallest absolute Gasteiger partial charge is 0.395 e. The minimum atomic E-state index is -3.25. The van der Waals surface area contributed by atoms with E-state index < -0.39 is 40.3 Å². The Balaban J connectivity index is 5.53. The highest BCUT2D eigenvalue weighted by atomic mass is 28.5. The third kappa shape index (κ3) is 12.6. The van der Waals surface area contributed by atoms with E-state index in [4.69, 9.17) is 21.5 Å². The van der Waals surface area contributed by atoms with Crippen molar-refractivity contribution >= 4 is 34.0 Å². The van der Waals surface area contributed by atoms with Crippen LogP contribution in [0.15, 0.2) is 0 Å². The Morgan fingerprint density at radius 2 is 1.04 bits per heavy atom. The topological polar surface area (TPSA) is 46.2 Å².